The highest BCUT2D eigenvalue weighted by molar-refractivity contribution is 6.43. The molecule has 4 rings (SSSR count). The molecule has 0 spiro atoms. The van der Waals surface area contributed by atoms with Crippen LogP contribution < -0.4 is 14.5 Å². The first-order chi connectivity index (χ1) is 15.0. The van der Waals surface area contributed by atoms with Crippen LogP contribution in [0.2, 0.25) is 0 Å². The molecule has 5 nitrogen and oxygen atoms in total. The molecule has 3 aromatic carbocycles. The number of fused-ring (bicyclic) bond motifs is 1. The summed E-state index contributed by atoms with van der Waals surface area (Å²) in [5.74, 6) is 0.0229. The third kappa shape index (κ3) is 3.94. The lowest BCUT2D eigenvalue weighted by atomic mass is 9.91. The molecule has 0 aliphatic carbocycles. The lowest BCUT2D eigenvalue weighted by Gasteiger charge is -2.28. The molecule has 3 aromatic rings. The van der Waals surface area contributed by atoms with Gasteiger partial charge in [-0.2, -0.15) is 0 Å². The highest BCUT2D eigenvalue weighted by atomic mass is 16.5. The molecule has 31 heavy (non-hydrogen) atoms. The van der Waals surface area contributed by atoms with E-state index in [9.17, 15) is 9.59 Å². The van der Waals surface area contributed by atoms with E-state index in [1.54, 1.807) is 30.3 Å². The first kappa shape index (κ1) is 20.4. The van der Waals surface area contributed by atoms with E-state index in [2.05, 4.69) is 0 Å². The predicted molar refractivity (Wildman–Crippen MR) is 125 cm³/mol. The molecule has 1 heterocycles. The molecule has 156 valence electrons. The van der Waals surface area contributed by atoms with Crippen LogP contribution >= 0.6 is 0 Å². The minimum absolute atomic E-state index is 0.329. The molecule has 0 saturated heterocycles. The Morgan fingerprint density at radius 3 is 2.10 bits per heavy atom. The fraction of sp³-hybridized carbons (Fsp3) is 0.154. The van der Waals surface area contributed by atoms with Crippen LogP contribution in [-0.4, -0.2) is 32.5 Å². The van der Waals surface area contributed by atoms with Crippen LogP contribution in [0.5, 0.6) is 5.75 Å². The fourth-order valence-corrected chi connectivity index (χ4v) is 3.62. The van der Waals surface area contributed by atoms with Crippen molar-refractivity contribution in [3.63, 3.8) is 0 Å². The third-order valence-corrected chi connectivity index (χ3v) is 5.21. The number of imide groups is 1. The maximum atomic E-state index is 13.5. The van der Waals surface area contributed by atoms with Crippen LogP contribution in [0.25, 0.3) is 11.6 Å². The molecule has 5 heteroatoms. The average molecular weight is 412 g/mol. The highest BCUT2D eigenvalue weighted by Gasteiger charge is 2.35. The minimum atomic E-state index is -0.343. The quantitative estimate of drug-likeness (QED) is 0.443. The summed E-state index contributed by atoms with van der Waals surface area (Å²) in [4.78, 5) is 29.9. The van der Waals surface area contributed by atoms with Crippen molar-refractivity contribution in [3.8, 4) is 5.75 Å². The van der Waals surface area contributed by atoms with Gasteiger partial charge in [-0.05, 0) is 66.6 Å². The molecule has 0 atom stereocenters. The average Bonchev–Trinajstić information content (AvgIpc) is 2.78. The molecule has 2 amide bonds. The second kappa shape index (κ2) is 8.48. The van der Waals surface area contributed by atoms with E-state index in [1.807, 2.05) is 74.5 Å². The molecule has 1 aliphatic rings. The third-order valence-electron chi connectivity index (χ3n) is 5.21. The maximum absolute atomic E-state index is 13.5. The van der Waals surface area contributed by atoms with E-state index in [0.717, 1.165) is 11.3 Å². The Kier molecular flexibility index (Phi) is 5.58. The number of amides is 2. The van der Waals surface area contributed by atoms with Crippen LogP contribution in [-0.2, 0) is 4.79 Å². The highest BCUT2D eigenvalue weighted by Crippen LogP contribution is 2.34. The van der Waals surface area contributed by atoms with Gasteiger partial charge in [0.2, 0.25) is 0 Å². The Balaban J connectivity index is 1.78. The van der Waals surface area contributed by atoms with E-state index < -0.39 is 0 Å². The van der Waals surface area contributed by atoms with Crippen LogP contribution in [0.4, 0.5) is 11.4 Å². The number of ether oxygens (including phenoxy) is 1. The van der Waals surface area contributed by atoms with Crippen LogP contribution in [0, 0.1) is 0 Å². The molecule has 0 N–H and O–H groups in total. The summed E-state index contributed by atoms with van der Waals surface area (Å²) in [5.41, 5.74) is 4.13. The van der Waals surface area contributed by atoms with E-state index in [0.29, 0.717) is 34.7 Å². The number of hydrogen-bond acceptors (Lipinski definition) is 4. The maximum Gasteiger partial charge on any atom is 0.265 e. The van der Waals surface area contributed by atoms with E-state index >= 15 is 0 Å². The van der Waals surface area contributed by atoms with Crippen molar-refractivity contribution >= 4 is 34.8 Å². The molecule has 0 bridgehead atoms. The van der Waals surface area contributed by atoms with Crippen LogP contribution in [0.15, 0.2) is 72.8 Å². The monoisotopic (exact) mass is 412 g/mol. The van der Waals surface area contributed by atoms with E-state index in [1.165, 1.54) is 4.90 Å². The summed E-state index contributed by atoms with van der Waals surface area (Å²) >= 11 is 0. The fourth-order valence-electron chi connectivity index (χ4n) is 3.62. The lowest BCUT2D eigenvalue weighted by molar-refractivity contribution is -0.112. The van der Waals surface area contributed by atoms with Crippen LogP contribution in [0.1, 0.15) is 28.4 Å². The Bertz CT molecular complexity index is 1150. The molecule has 1 aliphatic heterocycles. The molecule has 0 saturated carbocycles. The van der Waals surface area contributed by atoms with Gasteiger partial charge >= 0.3 is 0 Å². The first-order valence-corrected chi connectivity index (χ1v) is 10.2. The zero-order valence-electron chi connectivity index (χ0n) is 17.8. The molecule has 0 unspecified atom stereocenters. The number of benzene rings is 3. The van der Waals surface area contributed by atoms with Gasteiger partial charge in [0.15, 0.2) is 0 Å². The van der Waals surface area contributed by atoms with Crippen molar-refractivity contribution in [1.29, 1.82) is 0 Å². The lowest BCUT2D eigenvalue weighted by Crippen LogP contribution is -2.41. The van der Waals surface area contributed by atoms with Gasteiger partial charge in [0.05, 0.1) is 12.3 Å². The summed E-state index contributed by atoms with van der Waals surface area (Å²) in [7, 11) is 3.96. The van der Waals surface area contributed by atoms with E-state index in [4.69, 9.17) is 4.74 Å². The Labute approximate surface area is 182 Å². The van der Waals surface area contributed by atoms with Crippen molar-refractivity contribution in [2.75, 3.05) is 30.5 Å². The number of carbonyl (C=O) groups excluding carboxylic acids is 2. The summed E-state index contributed by atoms with van der Waals surface area (Å²) in [6.45, 7) is 2.46. The Morgan fingerprint density at radius 2 is 1.48 bits per heavy atom. The zero-order valence-corrected chi connectivity index (χ0v) is 17.8. The zero-order chi connectivity index (χ0) is 22.0. The van der Waals surface area contributed by atoms with Gasteiger partial charge in [-0.1, -0.05) is 30.3 Å². The molecule has 0 radical (unpaired) electrons. The number of anilines is 2. The number of rotatable bonds is 5. The van der Waals surface area contributed by atoms with Gasteiger partial charge in [0.1, 0.15) is 5.75 Å². The molecule has 0 aromatic heterocycles. The largest absolute Gasteiger partial charge is 0.494 e. The minimum Gasteiger partial charge on any atom is -0.494 e. The van der Waals surface area contributed by atoms with Crippen LogP contribution in [0.3, 0.4) is 0 Å². The molecular weight excluding hydrogens is 388 g/mol. The Hall–Kier alpha value is -3.86. The second-order valence-corrected chi connectivity index (χ2v) is 7.46. The number of nitrogens with zero attached hydrogens (tertiary/aromatic N) is 2. The SMILES string of the molecule is CCOc1ccc(N2C(=O)/C(=C\c3ccc(N(C)C)cc3)c3ccccc3C2=O)cc1. The van der Waals surface area contributed by atoms with Crippen molar-refractivity contribution in [2.45, 2.75) is 6.92 Å². The number of hydrogen-bond donors (Lipinski definition) is 0. The van der Waals surface area contributed by atoms with Gasteiger partial charge in [-0.25, -0.2) is 4.90 Å². The van der Waals surface area contributed by atoms with Gasteiger partial charge in [-0.15, -0.1) is 0 Å². The molecule has 0 fully saturated rings. The van der Waals surface area contributed by atoms with Gasteiger partial charge < -0.3 is 9.64 Å². The van der Waals surface area contributed by atoms with Crippen molar-refractivity contribution < 1.29 is 14.3 Å². The second-order valence-electron chi connectivity index (χ2n) is 7.46. The smallest absolute Gasteiger partial charge is 0.265 e. The van der Waals surface area contributed by atoms with Crippen molar-refractivity contribution in [2.24, 2.45) is 0 Å². The van der Waals surface area contributed by atoms with Gasteiger partial charge in [0, 0.05) is 30.9 Å². The van der Waals surface area contributed by atoms with Crippen molar-refractivity contribution in [3.05, 3.63) is 89.5 Å². The van der Waals surface area contributed by atoms with E-state index in [-0.39, 0.29) is 11.8 Å². The standard InChI is InChI=1S/C26H24N2O3/c1-4-31-21-15-13-20(14-16-21)28-25(29)23-8-6-5-7-22(23)24(26(28)30)17-18-9-11-19(12-10-18)27(2)3/h5-17H,4H2,1-3H3/b24-17-. The predicted octanol–water partition coefficient (Wildman–Crippen LogP) is 4.88. The van der Waals surface area contributed by atoms with Crippen molar-refractivity contribution in [1.82, 2.24) is 0 Å². The van der Waals surface area contributed by atoms with Gasteiger partial charge in [0.25, 0.3) is 11.8 Å². The normalized spacial score (nSPS) is 14.5. The topological polar surface area (TPSA) is 49.9 Å². The summed E-state index contributed by atoms with van der Waals surface area (Å²) < 4.78 is 5.48. The summed E-state index contributed by atoms with van der Waals surface area (Å²) in [6.07, 6.45) is 1.84. The summed E-state index contributed by atoms with van der Waals surface area (Å²) in [6, 6.07) is 22.2. The first-order valence-electron chi connectivity index (χ1n) is 10.2. The summed E-state index contributed by atoms with van der Waals surface area (Å²) in [5, 5.41) is 0. The molecular formula is C26H24N2O3. The number of carbonyl (C=O) groups is 2. The van der Waals surface area contributed by atoms with Gasteiger partial charge in [-0.3, -0.25) is 9.59 Å². The Morgan fingerprint density at radius 1 is 0.839 bits per heavy atom.